The van der Waals surface area contributed by atoms with Gasteiger partial charge < -0.3 is 9.15 Å². The third-order valence-electron chi connectivity index (χ3n) is 2.78. The van der Waals surface area contributed by atoms with E-state index in [4.69, 9.17) is 9.15 Å². The number of ether oxygens (including phenoxy) is 1. The van der Waals surface area contributed by atoms with Gasteiger partial charge in [0.15, 0.2) is 5.75 Å². The molecule has 8 heteroatoms. The Morgan fingerprint density at radius 1 is 1.41 bits per heavy atom. The number of thiophene rings is 1. The molecule has 3 aromatic rings. The molecule has 0 atom stereocenters. The Kier molecular flexibility index (Phi) is 3.84. The number of rotatable bonds is 5. The molecule has 0 spiro atoms. The lowest BCUT2D eigenvalue weighted by Crippen LogP contribution is -2.00. The molecule has 0 fully saturated rings. The van der Waals surface area contributed by atoms with Crippen LogP contribution >= 0.6 is 11.3 Å². The zero-order valence-electron chi connectivity index (χ0n) is 11.1. The molecule has 2 heterocycles. The minimum atomic E-state index is -0.630. The summed E-state index contributed by atoms with van der Waals surface area (Å²) < 4.78 is 23.8. The maximum Gasteiger partial charge on any atom is 0.311 e. The molecule has 0 aliphatic rings. The molecule has 0 unspecified atom stereocenters. The lowest BCUT2D eigenvalue weighted by Gasteiger charge is -2.04. The average molecular weight is 320 g/mol. The topological polar surface area (TPSA) is 78.4 Å². The van der Waals surface area contributed by atoms with Crippen LogP contribution in [0.2, 0.25) is 0 Å². The van der Waals surface area contributed by atoms with Gasteiger partial charge in [0.25, 0.3) is 0 Å². The molecule has 0 bridgehead atoms. The van der Waals surface area contributed by atoms with Crippen molar-refractivity contribution in [1.82, 2.24) is 4.98 Å². The van der Waals surface area contributed by atoms with E-state index in [1.54, 1.807) is 0 Å². The second kappa shape index (κ2) is 5.94. The quantitative estimate of drug-likeness (QED) is 0.524. The van der Waals surface area contributed by atoms with Gasteiger partial charge in [-0.1, -0.05) is 6.07 Å². The van der Waals surface area contributed by atoms with E-state index in [1.807, 2.05) is 17.5 Å². The molecule has 22 heavy (non-hydrogen) atoms. The van der Waals surface area contributed by atoms with Crippen LogP contribution in [0.1, 0.15) is 5.69 Å². The Balaban J connectivity index is 1.76. The predicted molar refractivity (Wildman–Crippen MR) is 77.2 cm³/mol. The number of halogens is 1. The van der Waals surface area contributed by atoms with Gasteiger partial charge in [-0.05, 0) is 17.5 Å². The largest absolute Gasteiger partial charge is 0.480 e. The van der Waals surface area contributed by atoms with Crippen molar-refractivity contribution in [2.24, 2.45) is 0 Å². The Hall–Kier alpha value is -2.74. The number of benzene rings is 1. The Labute approximate surface area is 127 Å². The standard InChI is InChI=1S/C14H9FN2O4S/c15-9-3-4-11(17(18)19)12(6-9)20-7-10-8-21-14(16-10)13-2-1-5-22-13/h1-6,8H,7H2. The summed E-state index contributed by atoms with van der Waals surface area (Å²) in [5.74, 6) is -0.312. The first-order chi connectivity index (χ1) is 10.6. The number of hydrogen-bond donors (Lipinski definition) is 0. The second-order valence-electron chi connectivity index (χ2n) is 4.28. The highest BCUT2D eigenvalue weighted by atomic mass is 32.1. The van der Waals surface area contributed by atoms with Crippen molar-refractivity contribution in [3.05, 3.63) is 63.6 Å². The smallest absolute Gasteiger partial charge is 0.311 e. The Morgan fingerprint density at radius 3 is 3.00 bits per heavy atom. The van der Waals surface area contributed by atoms with Gasteiger partial charge in [0.1, 0.15) is 24.4 Å². The van der Waals surface area contributed by atoms with Crippen LogP contribution in [0.15, 0.2) is 46.4 Å². The minimum Gasteiger partial charge on any atom is -0.480 e. The Bertz CT molecular complexity index is 801. The summed E-state index contributed by atoms with van der Waals surface area (Å²) in [5.41, 5.74) is 0.158. The normalized spacial score (nSPS) is 10.6. The van der Waals surface area contributed by atoms with Gasteiger partial charge in [-0.2, -0.15) is 0 Å². The van der Waals surface area contributed by atoms with Crippen LogP contribution in [0.5, 0.6) is 5.75 Å². The first-order valence-corrected chi connectivity index (χ1v) is 7.06. The lowest BCUT2D eigenvalue weighted by molar-refractivity contribution is -0.386. The molecule has 1 aromatic carbocycles. The zero-order chi connectivity index (χ0) is 15.5. The Morgan fingerprint density at radius 2 is 2.27 bits per heavy atom. The third kappa shape index (κ3) is 2.96. The van der Waals surface area contributed by atoms with E-state index in [0.29, 0.717) is 11.6 Å². The molecule has 6 nitrogen and oxygen atoms in total. The maximum absolute atomic E-state index is 13.2. The van der Waals surface area contributed by atoms with Gasteiger partial charge in [0, 0.05) is 12.1 Å². The summed E-state index contributed by atoms with van der Waals surface area (Å²) in [6.07, 6.45) is 1.40. The van der Waals surface area contributed by atoms with Gasteiger partial charge in [-0.3, -0.25) is 10.1 Å². The average Bonchev–Trinajstić information content (AvgIpc) is 3.16. The number of nitro groups is 1. The summed E-state index contributed by atoms with van der Waals surface area (Å²) >= 11 is 1.48. The summed E-state index contributed by atoms with van der Waals surface area (Å²) in [7, 11) is 0. The molecular weight excluding hydrogens is 311 g/mol. The molecule has 3 rings (SSSR count). The molecule has 0 aliphatic carbocycles. The van der Waals surface area contributed by atoms with E-state index < -0.39 is 10.7 Å². The molecule has 0 N–H and O–H groups in total. The molecule has 112 valence electrons. The SMILES string of the molecule is O=[N+]([O-])c1ccc(F)cc1OCc1coc(-c2cccs2)n1. The second-order valence-corrected chi connectivity index (χ2v) is 5.23. The van der Waals surface area contributed by atoms with Gasteiger partial charge in [-0.15, -0.1) is 11.3 Å². The molecule has 2 aromatic heterocycles. The van der Waals surface area contributed by atoms with E-state index in [-0.39, 0.29) is 18.0 Å². The molecule has 0 saturated heterocycles. The van der Waals surface area contributed by atoms with Crippen LogP contribution in [0.25, 0.3) is 10.8 Å². The van der Waals surface area contributed by atoms with Crippen LogP contribution in [-0.2, 0) is 6.61 Å². The zero-order valence-corrected chi connectivity index (χ0v) is 11.9. The fourth-order valence-corrected chi connectivity index (χ4v) is 2.45. The highest BCUT2D eigenvalue weighted by molar-refractivity contribution is 7.13. The minimum absolute atomic E-state index is 0.0564. The van der Waals surface area contributed by atoms with E-state index >= 15 is 0 Å². The lowest BCUT2D eigenvalue weighted by atomic mass is 10.3. The van der Waals surface area contributed by atoms with Crippen molar-refractivity contribution in [3.63, 3.8) is 0 Å². The van der Waals surface area contributed by atoms with E-state index in [2.05, 4.69) is 4.98 Å². The van der Waals surface area contributed by atoms with Gasteiger partial charge in [-0.25, -0.2) is 9.37 Å². The van der Waals surface area contributed by atoms with Crippen molar-refractivity contribution in [3.8, 4) is 16.5 Å². The van der Waals surface area contributed by atoms with Crippen molar-refractivity contribution >= 4 is 17.0 Å². The van der Waals surface area contributed by atoms with E-state index in [1.165, 1.54) is 17.6 Å². The molecule has 0 saturated carbocycles. The fourth-order valence-electron chi connectivity index (χ4n) is 1.79. The summed E-state index contributed by atoms with van der Waals surface area (Å²) in [5, 5.41) is 12.8. The molecule has 0 aliphatic heterocycles. The maximum atomic E-state index is 13.2. The number of aromatic nitrogens is 1. The molecule has 0 radical (unpaired) electrons. The van der Waals surface area contributed by atoms with Crippen molar-refractivity contribution in [2.75, 3.05) is 0 Å². The van der Waals surface area contributed by atoms with Gasteiger partial charge in [0.2, 0.25) is 5.89 Å². The van der Waals surface area contributed by atoms with Gasteiger partial charge >= 0.3 is 5.69 Å². The van der Waals surface area contributed by atoms with E-state index in [0.717, 1.165) is 23.1 Å². The first-order valence-electron chi connectivity index (χ1n) is 6.18. The highest BCUT2D eigenvalue weighted by Crippen LogP contribution is 2.29. The predicted octanol–water partition coefficient (Wildman–Crippen LogP) is 4.03. The van der Waals surface area contributed by atoms with E-state index in [9.17, 15) is 14.5 Å². The third-order valence-corrected chi connectivity index (χ3v) is 3.64. The highest BCUT2D eigenvalue weighted by Gasteiger charge is 2.17. The van der Waals surface area contributed by atoms with Crippen LogP contribution < -0.4 is 4.74 Å². The number of oxazole rings is 1. The monoisotopic (exact) mass is 320 g/mol. The molecule has 0 amide bonds. The van der Waals surface area contributed by atoms with Crippen molar-refractivity contribution < 1.29 is 18.5 Å². The fraction of sp³-hybridized carbons (Fsp3) is 0.0714. The molecular formula is C14H9FN2O4S. The van der Waals surface area contributed by atoms with Crippen LogP contribution in [-0.4, -0.2) is 9.91 Å². The van der Waals surface area contributed by atoms with Crippen molar-refractivity contribution in [2.45, 2.75) is 6.61 Å². The van der Waals surface area contributed by atoms with Crippen LogP contribution in [0, 0.1) is 15.9 Å². The number of hydrogen-bond acceptors (Lipinski definition) is 6. The summed E-state index contributed by atoms with van der Waals surface area (Å²) in [6, 6.07) is 6.77. The first kappa shape index (κ1) is 14.2. The van der Waals surface area contributed by atoms with Crippen LogP contribution in [0.3, 0.4) is 0 Å². The summed E-state index contributed by atoms with van der Waals surface area (Å²) in [4.78, 5) is 15.3. The summed E-state index contributed by atoms with van der Waals surface area (Å²) in [6.45, 7) is -0.0564. The van der Waals surface area contributed by atoms with Gasteiger partial charge in [0.05, 0.1) is 9.80 Å². The number of nitro benzene ring substituents is 1. The van der Waals surface area contributed by atoms with Crippen LogP contribution in [0.4, 0.5) is 10.1 Å². The number of nitrogens with zero attached hydrogens (tertiary/aromatic N) is 2. The van der Waals surface area contributed by atoms with Crippen molar-refractivity contribution in [1.29, 1.82) is 0 Å².